The lowest BCUT2D eigenvalue weighted by atomic mass is 9.83. The van der Waals surface area contributed by atoms with Crippen LogP contribution in [0.1, 0.15) is 18.1 Å². The minimum Gasteiger partial charge on any atom is -0.480 e. The average Bonchev–Trinajstić information content (AvgIpc) is 2.20. The van der Waals surface area contributed by atoms with E-state index in [0.29, 0.717) is 0 Å². The van der Waals surface area contributed by atoms with E-state index >= 15 is 0 Å². The molecular weight excluding hydrogens is 206 g/mol. The molecule has 0 saturated heterocycles. The Morgan fingerprint density at radius 3 is 2.19 bits per heavy atom. The largest absolute Gasteiger partial charge is 0.480 e. The molecule has 0 aliphatic rings. The fourth-order valence-corrected chi connectivity index (χ4v) is 1.38. The molecule has 0 fully saturated rings. The number of carbonyl (C=O) groups is 2. The fraction of sp³-hybridized carbons (Fsp3) is 0.333. The Hall–Kier alpha value is -1.84. The van der Waals surface area contributed by atoms with Crippen LogP contribution in [-0.4, -0.2) is 17.0 Å². The highest BCUT2D eigenvalue weighted by atomic mass is 16.4. The van der Waals surface area contributed by atoms with Crippen molar-refractivity contribution in [3.63, 3.8) is 0 Å². The summed E-state index contributed by atoms with van der Waals surface area (Å²) in [6, 6.07) is 7.36. The molecule has 86 valence electrons. The minimum atomic E-state index is -1.55. The Balaban J connectivity index is 2.97. The molecule has 1 rings (SSSR count). The van der Waals surface area contributed by atoms with Gasteiger partial charge in [-0.3, -0.25) is 9.59 Å². The molecule has 1 atom stereocenters. The number of carbonyl (C=O) groups excluding carboxylic acids is 1. The lowest BCUT2D eigenvalue weighted by Gasteiger charge is -2.20. The summed E-state index contributed by atoms with van der Waals surface area (Å²) >= 11 is 0. The Morgan fingerprint density at radius 1 is 1.31 bits per heavy atom. The summed E-state index contributed by atoms with van der Waals surface area (Å²) in [6.07, 6.45) is 0.109. The van der Waals surface area contributed by atoms with Crippen LogP contribution in [0.15, 0.2) is 24.3 Å². The van der Waals surface area contributed by atoms with Gasteiger partial charge in [-0.2, -0.15) is 0 Å². The lowest BCUT2D eigenvalue weighted by molar-refractivity contribution is -0.153. The van der Waals surface area contributed by atoms with Gasteiger partial charge in [-0.05, 0) is 25.8 Å². The summed E-state index contributed by atoms with van der Waals surface area (Å²) in [4.78, 5) is 22.2. The quantitative estimate of drug-likeness (QED) is 0.747. The molecule has 0 aromatic heterocycles. The highest BCUT2D eigenvalue weighted by molar-refractivity contribution is 6.00. The van der Waals surface area contributed by atoms with Crippen LogP contribution in [0.5, 0.6) is 0 Å². The van der Waals surface area contributed by atoms with Gasteiger partial charge in [0.15, 0.2) is 0 Å². The van der Waals surface area contributed by atoms with Gasteiger partial charge >= 0.3 is 5.97 Å². The van der Waals surface area contributed by atoms with Crippen LogP contribution in [0.3, 0.4) is 0 Å². The monoisotopic (exact) mass is 221 g/mol. The Bertz CT molecular complexity index is 395. The van der Waals surface area contributed by atoms with E-state index in [-0.39, 0.29) is 6.42 Å². The Kier molecular flexibility index (Phi) is 3.32. The lowest BCUT2D eigenvalue weighted by Crippen LogP contribution is -2.43. The van der Waals surface area contributed by atoms with E-state index in [1.165, 1.54) is 6.92 Å². The van der Waals surface area contributed by atoms with Crippen molar-refractivity contribution < 1.29 is 14.7 Å². The normalized spacial score (nSPS) is 14.1. The van der Waals surface area contributed by atoms with Crippen LogP contribution in [0.2, 0.25) is 0 Å². The minimum absolute atomic E-state index is 0.109. The van der Waals surface area contributed by atoms with E-state index in [1.54, 1.807) is 12.1 Å². The first-order valence-corrected chi connectivity index (χ1v) is 4.95. The number of hydrogen-bond donors (Lipinski definition) is 2. The second-order valence-corrected chi connectivity index (χ2v) is 4.16. The summed E-state index contributed by atoms with van der Waals surface area (Å²) in [7, 11) is 0. The predicted molar refractivity (Wildman–Crippen MR) is 59.8 cm³/mol. The van der Waals surface area contributed by atoms with Gasteiger partial charge in [0.1, 0.15) is 5.41 Å². The smallest absolute Gasteiger partial charge is 0.319 e. The van der Waals surface area contributed by atoms with Gasteiger partial charge in [-0.25, -0.2) is 0 Å². The number of carboxylic acid groups (broad SMARTS) is 1. The summed E-state index contributed by atoms with van der Waals surface area (Å²) in [5.41, 5.74) is 5.45. The molecule has 1 aromatic rings. The number of hydrogen-bond acceptors (Lipinski definition) is 2. The fourth-order valence-electron chi connectivity index (χ4n) is 1.38. The van der Waals surface area contributed by atoms with Crippen LogP contribution in [0.25, 0.3) is 0 Å². The highest BCUT2D eigenvalue weighted by Crippen LogP contribution is 2.22. The second-order valence-electron chi connectivity index (χ2n) is 4.16. The number of rotatable bonds is 4. The van der Waals surface area contributed by atoms with Crippen LogP contribution >= 0.6 is 0 Å². The first kappa shape index (κ1) is 12.2. The van der Waals surface area contributed by atoms with Crippen LogP contribution in [-0.2, 0) is 16.0 Å². The molecule has 0 heterocycles. The van der Waals surface area contributed by atoms with Crippen molar-refractivity contribution in [2.45, 2.75) is 20.3 Å². The van der Waals surface area contributed by atoms with Crippen molar-refractivity contribution in [1.29, 1.82) is 0 Å². The van der Waals surface area contributed by atoms with Crippen molar-refractivity contribution in [2.24, 2.45) is 11.1 Å². The zero-order valence-electron chi connectivity index (χ0n) is 9.36. The van der Waals surface area contributed by atoms with Crippen molar-refractivity contribution in [3.8, 4) is 0 Å². The van der Waals surface area contributed by atoms with Crippen molar-refractivity contribution >= 4 is 11.9 Å². The summed E-state index contributed by atoms with van der Waals surface area (Å²) in [5.74, 6) is -2.01. The zero-order valence-corrected chi connectivity index (χ0v) is 9.36. The van der Waals surface area contributed by atoms with E-state index in [1.807, 2.05) is 19.1 Å². The van der Waals surface area contributed by atoms with Crippen LogP contribution in [0, 0.1) is 12.3 Å². The topological polar surface area (TPSA) is 80.4 Å². The molecule has 0 bridgehead atoms. The number of aryl methyl sites for hydroxylation is 1. The highest BCUT2D eigenvalue weighted by Gasteiger charge is 2.39. The van der Waals surface area contributed by atoms with Gasteiger partial charge in [-0.1, -0.05) is 29.8 Å². The van der Waals surface area contributed by atoms with Gasteiger partial charge in [0.2, 0.25) is 5.91 Å². The number of amides is 1. The van der Waals surface area contributed by atoms with Crippen molar-refractivity contribution in [2.75, 3.05) is 0 Å². The molecule has 0 radical (unpaired) electrons. The van der Waals surface area contributed by atoms with Gasteiger partial charge in [0.25, 0.3) is 0 Å². The predicted octanol–water partition coefficient (Wildman–Crippen LogP) is 1.11. The van der Waals surface area contributed by atoms with Crippen LogP contribution in [0.4, 0.5) is 0 Å². The van der Waals surface area contributed by atoms with Crippen molar-refractivity contribution in [3.05, 3.63) is 35.4 Å². The molecule has 1 aromatic carbocycles. The molecular formula is C12H15NO3. The van der Waals surface area contributed by atoms with E-state index < -0.39 is 17.3 Å². The molecule has 0 aliphatic heterocycles. The van der Waals surface area contributed by atoms with Crippen LogP contribution < -0.4 is 5.73 Å². The molecule has 1 amide bonds. The van der Waals surface area contributed by atoms with E-state index in [2.05, 4.69) is 0 Å². The average molecular weight is 221 g/mol. The third kappa shape index (κ3) is 2.39. The first-order valence-electron chi connectivity index (χ1n) is 4.95. The molecule has 4 heteroatoms. The number of benzene rings is 1. The number of primary amides is 1. The maximum atomic E-state index is 11.2. The molecule has 0 spiro atoms. The zero-order chi connectivity index (χ0) is 12.3. The van der Waals surface area contributed by atoms with Gasteiger partial charge in [0.05, 0.1) is 0 Å². The molecule has 0 saturated carbocycles. The molecule has 0 unspecified atom stereocenters. The maximum absolute atomic E-state index is 11.2. The van der Waals surface area contributed by atoms with E-state index in [4.69, 9.17) is 10.8 Å². The molecule has 16 heavy (non-hydrogen) atoms. The summed E-state index contributed by atoms with van der Waals surface area (Å²) in [6.45, 7) is 3.28. The van der Waals surface area contributed by atoms with Gasteiger partial charge < -0.3 is 10.8 Å². The first-order chi connectivity index (χ1) is 7.36. The number of nitrogens with two attached hydrogens (primary N) is 1. The van der Waals surface area contributed by atoms with Crippen molar-refractivity contribution in [1.82, 2.24) is 0 Å². The standard InChI is InChI=1S/C12H15NO3/c1-8-3-5-9(6-4-8)7-12(2,10(13)14)11(15)16/h3-6H,7H2,1-2H3,(H2,13,14)(H,15,16)/t12-/m1/s1. The van der Waals surface area contributed by atoms with Gasteiger partial charge in [0, 0.05) is 0 Å². The number of carboxylic acids is 1. The Labute approximate surface area is 94.1 Å². The van der Waals surface area contributed by atoms with E-state index in [9.17, 15) is 9.59 Å². The Morgan fingerprint density at radius 2 is 1.81 bits per heavy atom. The molecule has 3 N–H and O–H groups in total. The second kappa shape index (κ2) is 4.35. The molecule has 4 nitrogen and oxygen atoms in total. The van der Waals surface area contributed by atoms with Gasteiger partial charge in [-0.15, -0.1) is 0 Å². The third-order valence-electron chi connectivity index (χ3n) is 2.69. The number of aliphatic carboxylic acids is 1. The third-order valence-corrected chi connectivity index (χ3v) is 2.69. The molecule has 0 aliphatic carbocycles. The van der Waals surface area contributed by atoms with E-state index in [0.717, 1.165) is 11.1 Å². The summed E-state index contributed by atoms with van der Waals surface area (Å²) in [5, 5.41) is 9.02. The maximum Gasteiger partial charge on any atom is 0.319 e. The SMILES string of the molecule is Cc1ccc(C[C@](C)(C(N)=O)C(=O)O)cc1. The summed E-state index contributed by atoms with van der Waals surface area (Å²) < 4.78 is 0.